The van der Waals surface area contributed by atoms with Crippen molar-refractivity contribution in [1.29, 1.82) is 0 Å². The summed E-state index contributed by atoms with van der Waals surface area (Å²) in [7, 11) is 0. The third kappa shape index (κ3) is 9.17. The van der Waals surface area contributed by atoms with Gasteiger partial charge in [-0.25, -0.2) is 0 Å². The predicted molar refractivity (Wildman–Crippen MR) is 55.2 cm³/mol. The van der Waals surface area contributed by atoms with Crippen molar-refractivity contribution in [2.75, 3.05) is 6.61 Å². The van der Waals surface area contributed by atoms with E-state index in [1.807, 2.05) is 13.8 Å². The van der Waals surface area contributed by atoms with Crippen LogP contribution in [0.5, 0.6) is 0 Å². The monoisotopic (exact) mass is 313 g/mol. The molecule has 109 valence electrons. The Hall–Kier alpha value is 0.194. The van der Waals surface area contributed by atoms with E-state index in [9.17, 15) is 22.0 Å². The Bertz CT molecular complexity index is 206. The summed E-state index contributed by atoms with van der Waals surface area (Å²) < 4.78 is 65.5. The molecule has 7 heteroatoms. The SMILES string of the molecule is CC(C)OCCCCCCC(F)(F)C(F)(F)F.[V]. The minimum atomic E-state index is -5.42. The summed E-state index contributed by atoms with van der Waals surface area (Å²) in [4.78, 5) is 0. The number of ether oxygens (including phenoxy) is 1. The quantitative estimate of drug-likeness (QED) is 0.471. The van der Waals surface area contributed by atoms with Crippen LogP contribution in [0.4, 0.5) is 22.0 Å². The molecule has 0 aromatic carbocycles. The molecule has 0 saturated heterocycles. The third-order valence-electron chi connectivity index (χ3n) is 2.25. The van der Waals surface area contributed by atoms with Gasteiger partial charge in [-0.3, -0.25) is 0 Å². The number of halogens is 5. The van der Waals surface area contributed by atoms with Gasteiger partial charge in [0.05, 0.1) is 6.10 Å². The number of hydrogen-bond acceptors (Lipinski definition) is 1. The summed E-state index contributed by atoms with van der Waals surface area (Å²) in [6, 6.07) is 0. The van der Waals surface area contributed by atoms with Crippen LogP contribution in [0, 0.1) is 0 Å². The van der Waals surface area contributed by atoms with Crippen molar-refractivity contribution >= 4 is 0 Å². The van der Waals surface area contributed by atoms with Gasteiger partial charge < -0.3 is 4.74 Å². The molecular formula is C11H19F5OV. The van der Waals surface area contributed by atoms with E-state index in [0.29, 0.717) is 25.9 Å². The van der Waals surface area contributed by atoms with Crippen molar-refractivity contribution in [3.05, 3.63) is 0 Å². The first-order chi connectivity index (χ1) is 7.67. The molecule has 0 rings (SSSR count). The minimum Gasteiger partial charge on any atom is -0.379 e. The zero-order valence-corrected chi connectivity index (χ0v) is 12.0. The van der Waals surface area contributed by atoms with Gasteiger partial charge in [0.25, 0.3) is 0 Å². The molecular weight excluding hydrogens is 294 g/mol. The van der Waals surface area contributed by atoms with E-state index in [1.165, 1.54) is 0 Å². The summed E-state index contributed by atoms with van der Waals surface area (Å²) in [5.41, 5.74) is 0. The van der Waals surface area contributed by atoms with E-state index in [2.05, 4.69) is 0 Å². The maximum atomic E-state index is 12.5. The smallest absolute Gasteiger partial charge is 0.379 e. The topological polar surface area (TPSA) is 9.23 Å². The van der Waals surface area contributed by atoms with Gasteiger partial charge in [0.15, 0.2) is 0 Å². The molecule has 0 fully saturated rings. The van der Waals surface area contributed by atoms with E-state index in [1.54, 1.807) is 0 Å². The molecule has 0 aliphatic carbocycles. The Labute approximate surface area is 116 Å². The van der Waals surface area contributed by atoms with E-state index in [-0.39, 0.29) is 31.1 Å². The average Bonchev–Trinajstić information content (AvgIpc) is 2.13. The fourth-order valence-corrected chi connectivity index (χ4v) is 1.26. The number of rotatable bonds is 8. The van der Waals surface area contributed by atoms with Crippen molar-refractivity contribution in [1.82, 2.24) is 0 Å². The molecule has 0 N–H and O–H groups in total. The van der Waals surface area contributed by atoms with Crippen LogP contribution < -0.4 is 0 Å². The average molecular weight is 313 g/mol. The molecule has 0 aliphatic rings. The fourth-order valence-electron chi connectivity index (χ4n) is 1.26. The zero-order chi connectivity index (χ0) is 13.5. The second-order valence-electron chi connectivity index (χ2n) is 4.29. The molecule has 1 radical (unpaired) electrons. The van der Waals surface area contributed by atoms with Crippen molar-refractivity contribution in [3.63, 3.8) is 0 Å². The first-order valence-corrected chi connectivity index (χ1v) is 5.73. The van der Waals surface area contributed by atoms with Crippen molar-refractivity contribution < 1.29 is 45.2 Å². The van der Waals surface area contributed by atoms with Gasteiger partial charge in [0, 0.05) is 31.6 Å². The van der Waals surface area contributed by atoms with Crippen LogP contribution in [-0.2, 0) is 23.3 Å². The van der Waals surface area contributed by atoms with Crippen LogP contribution in [0.2, 0.25) is 0 Å². The Morgan fingerprint density at radius 2 is 1.39 bits per heavy atom. The van der Waals surface area contributed by atoms with E-state index in [4.69, 9.17) is 4.74 Å². The summed E-state index contributed by atoms with van der Waals surface area (Å²) in [5.74, 6) is -4.55. The number of unbranched alkanes of at least 4 members (excludes halogenated alkanes) is 3. The second-order valence-corrected chi connectivity index (χ2v) is 4.29. The van der Waals surface area contributed by atoms with Gasteiger partial charge in [-0.1, -0.05) is 12.8 Å². The molecule has 0 saturated carbocycles. The van der Waals surface area contributed by atoms with Crippen LogP contribution >= 0.6 is 0 Å². The number of alkyl halides is 5. The van der Waals surface area contributed by atoms with Gasteiger partial charge in [-0.15, -0.1) is 0 Å². The molecule has 18 heavy (non-hydrogen) atoms. The van der Waals surface area contributed by atoms with Gasteiger partial charge in [-0.2, -0.15) is 22.0 Å². The Morgan fingerprint density at radius 1 is 0.889 bits per heavy atom. The van der Waals surface area contributed by atoms with Crippen molar-refractivity contribution in [2.45, 2.75) is 64.2 Å². The van der Waals surface area contributed by atoms with E-state index in [0.717, 1.165) is 0 Å². The molecule has 0 heterocycles. The van der Waals surface area contributed by atoms with Gasteiger partial charge in [0.1, 0.15) is 0 Å². The zero-order valence-electron chi connectivity index (χ0n) is 10.6. The summed E-state index contributed by atoms with van der Waals surface area (Å²) in [5, 5.41) is 0. The van der Waals surface area contributed by atoms with Crippen molar-refractivity contribution in [3.8, 4) is 0 Å². The Balaban J connectivity index is 0. The predicted octanol–water partition coefficient (Wildman–Crippen LogP) is 4.56. The van der Waals surface area contributed by atoms with Crippen LogP contribution in [-0.4, -0.2) is 24.8 Å². The Morgan fingerprint density at radius 3 is 1.83 bits per heavy atom. The van der Waals surface area contributed by atoms with Crippen LogP contribution in [0.1, 0.15) is 46.0 Å². The second kappa shape index (κ2) is 9.15. The fraction of sp³-hybridized carbons (Fsp3) is 1.00. The molecule has 1 nitrogen and oxygen atoms in total. The van der Waals surface area contributed by atoms with Crippen LogP contribution in [0.3, 0.4) is 0 Å². The number of hydrogen-bond donors (Lipinski definition) is 0. The van der Waals surface area contributed by atoms with Crippen LogP contribution in [0.15, 0.2) is 0 Å². The molecule has 0 atom stereocenters. The summed E-state index contributed by atoms with van der Waals surface area (Å²) >= 11 is 0. The molecule has 0 aliphatic heterocycles. The summed E-state index contributed by atoms with van der Waals surface area (Å²) in [6.07, 6.45) is -4.88. The van der Waals surface area contributed by atoms with Crippen molar-refractivity contribution in [2.24, 2.45) is 0 Å². The molecule has 0 spiro atoms. The maximum absolute atomic E-state index is 12.5. The third-order valence-corrected chi connectivity index (χ3v) is 2.25. The first kappa shape index (κ1) is 20.5. The molecule has 0 aromatic heterocycles. The normalized spacial score (nSPS) is 12.7. The molecule has 0 unspecified atom stereocenters. The largest absolute Gasteiger partial charge is 0.453 e. The maximum Gasteiger partial charge on any atom is 0.453 e. The first-order valence-electron chi connectivity index (χ1n) is 5.73. The molecule has 0 bridgehead atoms. The Kier molecular flexibility index (Phi) is 10.4. The standard InChI is InChI=1S/C11H19F5O.V/c1-9(2)17-8-6-4-3-5-7-10(12,13)11(14,15)16;/h9H,3-8H2,1-2H3;. The minimum absolute atomic E-state index is 0. The van der Waals surface area contributed by atoms with Gasteiger partial charge in [-0.05, 0) is 26.7 Å². The van der Waals surface area contributed by atoms with Gasteiger partial charge >= 0.3 is 12.1 Å². The molecule has 0 aromatic rings. The summed E-state index contributed by atoms with van der Waals surface area (Å²) in [6.45, 7) is 4.28. The van der Waals surface area contributed by atoms with Crippen LogP contribution in [0.25, 0.3) is 0 Å². The van der Waals surface area contributed by atoms with E-state index < -0.39 is 18.5 Å². The van der Waals surface area contributed by atoms with Gasteiger partial charge in [0.2, 0.25) is 0 Å². The molecule has 0 amide bonds. The van der Waals surface area contributed by atoms with E-state index >= 15 is 0 Å².